The van der Waals surface area contributed by atoms with Gasteiger partial charge in [-0.25, -0.2) is 13.8 Å². The van der Waals surface area contributed by atoms with Gasteiger partial charge in [0.1, 0.15) is 6.26 Å². The highest BCUT2D eigenvalue weighted by molar-refractivity contribution is 5.53. The fraction of sp³-hybridized carbons (Fsp3) is 0.182. The molecule has 0 amide bonds. The number of hydrogen-bond acceptors (Lipinski definition) is 3. The minimum absolute atomic E-state index is 0.282. The minimum Gasteiger partial charge on any atom is -0.444 e. The third-order valence-electron chi connectivity index (χ3n) is 2.08. The Balaban J connectivity index is 2.31. The van der Waals surface area contributed by atoms with E-state index in [1.165, 1.54) is 12.3 Å². The van der Waals surface area contributed by atoms with Gasteiger partial charge in [0.15, 0.2) is 11.6 Å². The molecule has 0 aliphatic heterocycles. The Kier molecular flexibility index (Phi) is 2.96. The first-order valence-electron chi connectivity index (χ1n) is 4.75. The smallest absolute Gasteiger partial charge is 0.226 e. The second-order valence-electron chi connectivity index (χ2n) is 3.30. The standard InChI is InChI=1S/C11H10F2N2O/c1-14-5-8-6-16-11(15-8)7-2-3-9(12)10(13)4-7/h2-4,6,14H,5H2,1H3. The Morgan fingerprint density at radius 1 is 1.31 bits per heavy atom. The fourth-order valence-corrected chi connectivity index (χ4v) is 1.33. The maximum absolute atomic E-state index is 13.0. The zero-order chi connectivity index (χ0) is 11.5. The van der Waals surface area contributed by atoms with Gasteiger partial charge >= 0.3 is 0 Å². The van der Waals surface area contributed by atoms with E-state index >= 15 is 0 Å². The van der Waals surface area contributed by atoms with E-state index in [1.807, 2.05) is 0 Å². The second kappa shape index (κ2) is 4.40. The third-order valence-corrected chi connectivity index (χ3v) is 2.08. The summed E-state index contributed by atoms with van der Waals surface area (Å²) in [6.45, 7) is 0.563. The summed E-state index contributed by atoms with van der Waals surface area (Å²) in [5.41, 5.74) is 1.13. The summed E-state index contributed by atoms with van der Waals surface area (Å²) < 4.78 is 30.8. The van der Waals surface area contributed by atoms with Crippen molar-refractivity contribution in [1.82, 2.24) is 10.3 Å². The summed E-state index contributed by atoms with van der Waals surface area (Å²) in [4.78, 5) is 4.12. The van der Waals surface area contributed by atoms with Crippen molar-refractivity contribution in [2.24, 2.45) is 0 Å². The fourth-order valence-electron chi connectivity index (χ4n) is 1.33. The zero-order valence-corrected chi connectivity index (χ0v) is 8.63. The Labute approximate surface area is 91.1 Å². The number of rotatable bonds is 3. The van der Waals surface area contributed by atoms with Crippen molar-refractivity contribution in [2.75, 3.05) is 7.05 Å². The van der Waals surface area contributed by atoms with Crippen molar-refractivity contribution in [1.29, 1.82) is 0 Å². The van der Waals surface area contributed by atoms with E-state index in [4.69, 9.17) is 4.42 Å². The first-order valence-corrected chi connectivity index (χ1v) is 4.75. The van der Waals surface area contributed by atoms with Gasteiger partial charge in [0.2, 0.25) is 5.89 Å². The first kappa shape index (κ1) is 10.8. The average Bonchev–Trinajstić information content (AvgIpc) is 2.71. The van der Waals surface area contributed by atoms with Gasteiger partial charge in [0.25, 0.3) is 0 Å². The molecule has 0 unspecified atom stereocenters. The molecule has 1 aromatic heterocycles. The van der Waals surface area contributed by atoms with Crippen molar-refractivity contribution >= 4 is 0 Å². The van der Waals surface area contributed by atoms with Gasteiger partial charge in [-0.15, -0.1) is 0 Å². The first-order chi connectivity index (χ1) is 7.70. The molecule has 0 spiro atoms. The second-order valence-corrected chi connectivity index (χ2v) is 3.30. The molecule has 0 aliphatic carbocycles. The predicted molar refractivity (Wildman–Crippen MR) is 54.6 cm³/mol. The predicted octanol–water partition coefficient (Wildman–Crippen LogP) is 2.34. The van der Waals surface area contributed by atoms with Crippen LogP contribution in [-0.2, 0) is 6.54 Å². The number of halogens is 2. The third kappa shape index (κ3) is 2.09. The highest BCUT2D eigenvalue weighted by atomic mass is 19.2. The van der Waals surface area contributed by atoms with E-state index in [0.29, 0.717) is 17.8 Å². The molecule has 0 aliphatic rings. The van der Waals surface area contributed by atoms with Crippen molar-refractivity contribution < 1.29 is 13.2 Å². The average molecular weight is 224 g/mol. The normalized spacial score (nSPS) is 10.7. The lowest BCUT2D eigenvalue weighted by molar-refractivity contribution is 0.507. The maximum atomic E-state index is 13.0. The highest BCUT2D eigenvalue weighted by Crippen LogP contribution is 2.20. The summed E-state index contributed by atoms with van der Waals surface area (Å²) in [7, 11) is 1.78. The van der Waals surface area contributed by atoms with Gasteiger partial charge in [0.05, 0.1) is 5.69 Å². The van der Waals surface area contributed by atoms with Gasteiger partial charge in [-0.2, -0.15) is 0 Å². The lowest BCUT2D eigenvalue weighted by atomic mass is 10.2. The number of oxazole rings is 1. The Hall–Kier alpha value is -1.75. The van der Waals surface area contributed by atoms with Crippen LogP contribution in [0.3, 0.4) is 0 Å². The molecule has 2 aromatic rings. The molecule has 1 N–H and O–H groups in total. The molecular formula is C11H10F2N2O. The lowest BCUT2D eigenvalue weighted by Gasteiger charge is -1.96. The monoisotopic (exact) mass is 224 g/mol. The van der Waals surface area contributed by atoms with E-state index < -0.39 is 11.6 Å². The van der Waals surface area contributed by atoms with Crippen molar-refractivity contribution in [3.05, 3.63) is 41.8 Å². The SMILES string of the molecule is CNCc1coc(-c2ccc(F)c(F)c2)n1. The van der Waals surface area contributed by atoms with Gasteiger partial charge in [-0.1, -0.05) is 0 Å². The van der Waals surface area contributed by atoms with E-state index in [2.05, 4.69) is 10.3 Å². The number of hydrogen-bond donors (Lipinski definition) is 1. The van der Waals surface area contributed by atoms with Crippen LogP contribution in [0.15, 0.2) is 28.9 Å². The van der Waals surface area contributed by atoms with Gasteiger partial charge in [-0.05, 0) is 25.2 Å². The molecule has 0 bridgehead atoms. The van der Waals surface area contributed by atoms with Crippen molar-refractivity contribution in [3.8, 4) is 11.5 Å². The molecule has 5 heteroatoms. The molecular weight excluding hydrogens is 214 g/mol. The van der Waals surface area contributed by atoms with Crippen molar-refractivity contribution in [3.63, 3.8) is 0 Å². The molecule has 2 rings (SSSR count). The van der Waals surface area contributed by atoms with E-state index in [0.717, 1.165) is 12.1 Å². The Morgan fingerprint density at radius 2 is 2.12 bits per heavy atom. The van der Waals surface area contributed by atoms with Gasteiger partial charge < -0.3 is 9.73 Å². The Morgan fingerprint density at radius 3 is 2.81 bits per heavy atom. The van der Waals surface area contributed by atoms with Crippen LogP contribution in [0.5, 0.6) is 0 Å². The molecule has 0 atom stereocenters. The summed E-state index contributed by atoms with van der Waals surface area (Å²) in [5, 5.41) is 2.91. The van der Waals surface area contributed by atoms with Gasteiger partial charge in [-0.3, -0.25) is 0 Å². The Bertz CT molecular complexity index is 496. The molecule has 0 radical (unpaired) electrons. The molecule has 3 nitrogen and oxygen atoms in total. The maximum Gasteiger partial charge on any atom is 0.226 e. The zero-order valence-electron chi connectivity index (χ0n) is 8.63. The molecule has 84 valence electrons. The lowest BCUT2D eigenvalue weighted by Crippen LogP contribution is -2.04. The summed E-state index contributed by atoms with van der Waals surface area (Å²) in [5.74, 6) is -1.51. The minimum atomic E-state index is -0.911. The van der Waals surface area contributed by atoms with Crippen LogP contribution in [0.1, 0.15) is 5.69 Å². The van der Waals surface area contributed by atoms with Crippen molar-refractivity contribution in [2.45, 2.75) is 6.54 Å². The summed E-state index contributed by atoms with van der Waals surface area (Å²) in [6, 6.07) is 3.53. The number of nitrogens with one attached hydrogen (secondary N) is 1. The number of benzene rings is 1. The quantitative estimate of drug-likeness (QED) is 0.869. The summed E-state index contributed by atoms with van der Waals surface area (Å²) in [6.07, 6.45) is 1.48. The van der Waals surface area contributed by atoms with Crippen LogP contribution < -0.4 is 5.32 Å². The molecule has 0 fully saturated rings. The number of nitrogens with zero attached hydrogens (tertiary/aromatic N) is 1. The molecule has 1 aromatic carbocycles. The van der Waals surface area contributed by atoms with Crippen LogP contribution >= 0.6 is 0 Å². The molecule has 0 saturated carbocycles. The van der Waals surface area contributed by atoms with E-state index in [1.54, 1.807) is 7.05 Å². The molecule has 0 saturated heterocycles. The summed E-state index contributed by atoms with van der Waals surface area (Å²) >= 11 is 0. The van der Waals surface area contributed by atoms with Crippen LogP contribution in [-0.4, -0.2) is 12.0 Å². The van der Waals surface area contributed by atoms with Gasteiger partial charge in [0, 0.05) is 12.1 Å². The molecule has 1 heterocycles. The number of aromatic nitrogens is 1. The van der Waals surface area contributed by atoms with Crippen LogP contribution in [0, 0.1) is 11.6 Å². The topological polar surface area (TPSA) is 38.1 Å². The van der Waals surface area contributed by atoms with E-state index in [-0.39, 0.29) is 5.89 Å². The molecule has 16 heavy (non-hydrogen) atoms. The van der Waals surface area contributed by atoms with Crippen LogP contribution in [0.4, 0.5) is 8.78 Å². The van der Waals surface area contributed by atoms with Crippen LogP contribution in [0.25, 0.3) is 11.5 Å². The van der Waals surface area contributed by atoms with E-state index in [9.17, 15) is 8.78 Å². The van der Waals surface area contributed by atoms with Crippen LogP contribution in [0.2, 0.25) is 0 Å². The largest absolute Gasteiger partial charge is 0.444 e. The highest BCUT2D eigenvalue weighted by Gasteiger charge is 2.09.